The van der Waals surface area contributed by atoms with Gasteiger partial charge in [-0.3, -0.25) is 9.59 Å². The van der Waals surface area contributed by atoms with Crippen molar-refractivity contribution in [2.75, 3.05) is 0 Å². The summed E-state index contributed by atoms with van der Waals surface area (Å²) in [6, 6.07) is 10.3. The van der Waals surface area contributed by atoms with Gasteiger partial charge in [-0.1, -0.05) is 0 Å². The Morgan fingerprint density at radius 3 is 1.48 bits per heavy atom. The minimum absolute atomic E-state index is 0.317. The molecule has 0 heterocycles. The van der Waals surface area contributed by atoms with Gasteiger partial charge in [0.05, 0.1) is 0 Å². The van der Waals surface area contributed by atoms with Crippen molar-refractivity contribution in [3.05, 3.63) is 71.3 Å². The van der Waals surface area contributed by atoms with Crippen LogP contribution in [0.2, 0.25) is 0 Å². The van der Waals surface area contributed by atoms with Crippen LogP contribution >= 0.6 is 0 Å². The number of hydrogen-bond donors (Lipinski definition) is 2. The summed E-state index contributed by atoms with van der Waals surface area (Å²) < 4.78 is 25.5. The first-order valence-electron chi connectivity index (χ1n) is 8.21. The summed E-state index contributed by atoms with van der Waals surface area (Å²) in [4.78, 5) is 23.4. The van der Waals surface area contributed by atoms with Gasteiger partial charge in [0.2, 0.25) is 0 Å². The predicted molar refractivity (Wildman–Crippen MR) is 98.6 cm³/mol. The van der Waals surface area contributed by atoms with E-state index in [4.69, 9.17) is 0 Å². The molecule has 2 aromatic carbocycles. The van der Waals surface area contributed by atoms with Crippen LogP contribution in [0.1, 0.15) is 40.0 Å². The molecule has 0 atom stereocenters. The largest absolute Gasteiger partial charge is 0.271 e. The first-order chi connectivity index (χ1) is 13.1. The van der Waals surface area contributed by atoms with Crippen LogP contribution < -0.4 is 10.9 Å². The van der Waals surface area contributed by atoms with Gasteiger partial charge >= 0.3 is 0 Å². The van der Waals surface area contributed by atoms with Crippen LogP contribution in [-0.2, 0) is 0 Å². The lowest BCUT2D eigenvalue weighted by atomic mass is 10.2. The SMILES string of the molecule is O=C(N/N=C\CCC/C=N\NC(=O)c1ccc(F)cc1)c1ccc(F)cc1. The van der Waals surface area contributed by atoms with Gasteiger partial charge in [-0.05, 0) is 67.8 Å². The quantitative estimate of drug-likeness (QED) is 0.424. The molecule has 8 heteroatoms. The number of benzene rings is 2. The lowest BCUT2D eigenvalue weighted by Gasteiger charge is -1.99. The van der Waals surface area contributed by atoms with Gasteiger partial charge < -0.3 is 0 Å². The molecule has 0 radical (unpaired) electrons. The Balaban J connectivity index is 1.59. The van der Waals surface area contributed by atoms with Crippen LogP contribution in [0.25, 0.3) is 0 Å². The van der Waals surface area contributed by atoms with Crippen LogP contribution in [0, 0.1) is 11.6 Å². The molecule has 0 unspecified atom stereocenters. The average molecular weight is 372 g/mol. The second kappa shape index (κ2) is 10.5. The molecule has 2 rings (SSSR count). The second-order valence-corrected chi connectivity index (χ2v) is 5.45. The molecular formula is C19H18F2N4O2. The van der Waals surface area contributed by atoms with Crippen molar-refractivity contribution in [3.8, 4) is 0 Å². The van der Waals surface area contributed by atoms with E-state index in [1.165, 1.54) is 48.5 Å². The van der Waals surface area contributed by atoms with E-state index in [0.29, 0.717) is 30.4 Å². The Morgan fingerprint density at radius 1 is 0.741 bits per heavy atom. The minimum Gasteiger partial charge on any atom is -0.267 e. The van der Waals surface area contributed by atoms with Crippen LogP contribution in [0.4, 0.5) is 8.78 Å². The summed E-state index contributed by atoms with van der Waals surface area (Å²) in [5, 5.41) is 7.60. The highest BCUT2D eigenvalue weighted by Gasteiger charge is 2.04. The predicted octanol–water partition coefficient (Wildman–Crippen LogP) is 3.27. The number of carbonyl (C=O) groups is 2. The molecule has 2 aromatic rings. The third-order valence-corrected chi connectivity index (χ3v) is 3.39. The molecule has 0 aromatic heterocycles. The van der Waals surface area contributed by atoms with E-state index in [1.807, 2.05) is 0 Å². The molecule has 6 nitrogen and oxygen atoms in total. The third kappa shape index (κ3) is 7.15. The maximum Gasteiger partial charge on any atom is 0.271 e. The van der Waals surface area contributed by atoms with Crippen molar-refractivity contribution >= 4 is 24.2 Å². The molecule has 2 N–H and O–H groups in total. The summed E-state index contributed by atoms with van der Waals surface area (Å²) in [7, 11) is 0. The second-order valence-electron chi connectivity index (χ2n) is 5.45. The van der Waals surface area contributed by atoms with Crippen LogP contribution in [-0.4, -0.2) is 24.2 Å². The highest BCUT2D eigenvalue weighted by atomic mass is 19.1. The number of rotatable bonds is 8. The standard InChI is InChI=1S/C19H18F2N4O2/c20-16-8-4-14(5-9-16)18(26)24-22-12-2-1-3-13-23-25-19(27)15-6-10-17(21)11-7-15/h4-13H,1-3H2,(H,24,26)(H,25,27)/b22-12-,23-13-. The van der Waals surface area contributed by atoms with Crippen molar-refractivity contribution in [1.29, 1.82) is 0 Å². The van der Waals surface area contributed by atoms with Crippen molar-refractivity contribution in [2.24, 2.45) is 10.2 Å². The van der Waals surface area contributed by atoms with E-state index < -0.39 is 23.4 Å². The monoisotopic (exact) mass is 372 g/mol. The van der Waals surface area contributed by atoms with E-state index in [2.05, 4.69) is 21.1 Å². The number of carbonyl (C=O) groups excluding carboxylic acids is 2. The summed E-state index contributed by atoms with van der Waals surface area (Å²) in [6.07, 6.45) is 5.01. The van der Waals surface area contributed by atoms with E-state index in [9.17, 15) is 18.4 Å². The lowest BCUT2D eigenvalue weighted by molar-refractivity contribution is 0.0947. The van der Waals surface area contributed by atoms with Crippen molar-refractivity contribution in [2.45, 2.75) is 19.3 Å². The Bertz CT molecular complexity index is 749. The Hall–Kier alpha value is -3.42. The average Bonchev–Trinajstić information content (AvgIpc) is 2.67. The highest BCUT2D eigenvalue weighted by molar-refractivity contribution is 5.94. The number of amides is 2. The number of halogens is 2. The Kier molecular flexibility index (Phi) is 7.77. The topological polar surface area (TPSA) is 82.9 Å². The maximum absolute atomic E-state index is 12.8. The summed E-state index contributed by atoms with van der Waals surface area (Å²) >= 11 is 0. The molecule has 27 heavy (non-hydrogen) atoms. The van der Waals surface area contributed by atoms with Gasteiger partial charge in [0, 0.05) is 23.6 Å². The van der Waals surface area contributed by atoms with E-state index in [0.717, 1.165) is 0 Å². The molecule has 0 fully saturated rings. The molecule has 0 aliphatic heterocycles. The summed E-state index contributed by atoms with van der Waals surface area (Å²) in [6.45, 7) is 0. The van der Waals surface area contributed by atoms with Crippen LogP contribution in [0.15, 0.2) is 58.7 Å². The Labute approximate surface area is 155 Å². The first-order valence-corrected chi connectivity index (χ1v) is 8.21. The molecule has 2 amide bonds. The number of nitrogens with zero attached hydrogens (tertiary/aromatic N) is 2. The molecule has 140 valence electrons. The molecule has 0 saturated carbocycles. The number of nitrogens with one attached hydrogen (secondary N) is 2. The fourth-order valence-corrected chi connectivity index (χ4v) is 1.97. The normalized spacial score (nSPS) is 11.0. The first kappa shape index (κ1) is 19.9. The molecular weight excluding hydrogens is 354 g/mol. The molecule has 0 saturated heterocycles. The van der Waals surface area contributed by atoms with Gasteiger partial charge in [0.15, 0.2) is 0 Å². The van der Waals surface area contributed by atoms with Crippen molar-refractivity contribution in [3.63, 3.8) is 0 Å². The van der Waals surface area contributed by atoms with Crippen LogP contribution in [0.3, 0.4) is 0 Å². The molecule has 0 aliphatic rings. The fraction of sp³-hybridized carbons (Fsp3) is 0.158. The number of hydrogen-bond acceptors (Lipinski definition) is 4. The highest BCUT2D eigenvalue weighted by Crippen LogP contribution is 2.03. The van der Waals surface area contributed by atoms with E-state index in [-0.39, 0.29) is 0 Å². The number of unbranched alkanes of at least 4 members (excludes halogenated alkanes) is 2. The lowest BCUT2D eigenvalue weighted by Crippen LogP contribution is -2.17. The van der Waals surface area contributed by atoms with Gasteiger partial charge in [-0.15, -0.1) is 0 Å². The van der Waals surface area contributed by atoms with Gasteiger partial charge in [0.1, 0.15) is 11.6 Å². The zero-order valence-corrected chi connectivity index (χ0v) is 14.4. The van der Waals surface area contributed by atoms with E-state index in [1.54, 1.807) is 12.4 Å². The van der Waals surface area contributed by atoms with Crippen molar-refractivity contribution in [1.82, 2.24) is 10.9 Å². The smallest absolute Gasteiger partial charge is 0.267 e. The summed E-state index contributed by atoms with van der Waals surface area (Å²) in [5.74, 6) is -1.66. The van der Waals surface area contributed by atoms with Gasteiger partial charge in [-0.25, -0.2) is 19.6 Å². The van der Waals surface area contributed by atoms with Gasteiger partial charge in [-0.2, -0.15) is 10.2 Å². The minimum atomic E-state index is -0.420. The Morgan fingerprint density at radius 2 is 1.11 bits per heavy atom. The van der Waals surface area contributed by atoms with Crippen LogP contribution in [0.5, 0.6) is 0 Å². The molecule has 0 bridgehead atoms. The molecule has 0 aliphatic carbocycles. The molecule has 0 spiro atoms. The fourth-order valence-electron chi connectivity index (χ4n) is 1.97. The summed E-state index contributed by atoms with van der Waals surface area (Å²) in [5.41, 5.74) is 5.33. The number of hydrazone groups is 2. The van der Waals surface area contributed by atoms with Gasteiger partial charge in [0.25, 0.3) is 11.8 Å². The third-order valence-electron chi connectivity index (χ3n) is 3.39. The maximum atomic E-state index is 12.8. The zero-order chi connectivity index (χ0) is 19.5. The zero-order valence-electron chi connectivity index (χ0n) is 14.4. The van der Waals surface area contributed by atoms with E-state index >= 15 is 0 Å². The van der Waals surface area contributed by atoms with Crippen molar-refractivity contribution < 1.29 is 18.4 Å².